The van der Waals surface area contributed by atoms with Crippen LogP contribution in [0.25, 0.3) is 0 Å². The Morgan fingerprint density at radius 2 is 1.96 bits per heavy atom. The number of carbonyl (C=O) groups excluding carboxylic acids is 1. The van der Waals surface area contributed by atoms with Crippen molar-refractivity contribution in [2.24, 2.45) is 7.05 Å². The Morgan fingerprint density at radius 1 is 1.22 bits per heavy atom. The number of nitrogens with zero attached hydrogens (tertiary/aromatic N) is 4. The predicted molar refractivity (Wildman–Crippen MR) is 110 cm³/mol. The van der Waals surface area contributed by atoms with Gasteiger partial charge in [-0.25, -0.2) is 0 Å². The molecule has 142 valence electrons. The molecular formula is C18H19Cl2N5OS. The minimum atomic E-state index is -0.159. The number of aryl methyl sites for hydroxylation is 1. The highest BCUT2D eigenvalue weighted by molar-refractivity contribution is 7.99. The van der Waals surface area contributed by atoms with Gasteiger partial charge in [0, 0.05) is 47.6 Å². The molecule has 3 aromatic rings. The maximum atomic E-state index is 12.2. The van der Waals surface area contributed by atoms with Crippen LogP contribution in [0.3, 0.4) is 0 Å². The van der Waals surface area contributed by atoms with E-state index in [1.54, 1.807) is 18.2 Å². The topological polar surface area (TPSA) is 64.7 Å². The SMILES string of the molecule is CCn1c(Cc2cccn2C)nnc1SCC(=O)Nc1cc(Cl)cc(Cl)c1. The van der Waals surface area contributed by atoms with Gasteiger partial charge in [-0.15, -0.1) is 10.2 Å². The Morgan fingerprint density at radius 3 is 2.59 bits per heavy atom. The lowest BCUT2D eigenvalue weighted by Crippen LogP contribution is -2.15. The minimum Gasteiger partial charge on any atom is -0.354 e. The number of thioether (sulfide) groups is 1. The van der Waals surface area contributed by atoms with Crippen molar-refractivity contribution in [1.29, 1.82) is 0 Å². The molecule has 0 spiro atoms. The van der Waals surface area contributed by atoms with Crippen LogP contribution in [0.2, 0.25) is 10.0 Å². The molecule has 0 fully saturated rings. The third-order valence-corrected chi connectivity index (χ3v) is 5.38. The van der Waals surface area contributed by atoms with Crippen LogP contribution in [0.4, 0.5) is 5.69 Å². The van der Waals surface area contributed by atoms with Gasteiger partial charge in [0.05, 0.1) is 5.75 Å². The van der Waals surface area contributed by atoms with Crippen LogP contribution in [-0.2, 0) is 24.8 Å². The van der Waals surface area contributed by atoms with Gasteiger partial charge >= 0.3 is 0 Å². The summed E-state index contributed by atoms with van der Waals surface area (Å²) in [7, 11) is 2.00. The Bertz CT molecular complexity index is 933. The van der Waals surface area contributed by atoms with Crippen LogP contribution in [0.1, 0.15) is 18.4 Å². The average Bonchev–Trinajstić information content (AvgIpc) is 3.18. The first-order chi connectivity index (χ1) is 13.0. The van der Waals surface area contributed by atoms with Crippen molar-refractivity contribution in [3.05, 3.63) is 58.1 Å². The normalized spacial score (nSPS) is 11.0. The second-order valence-electron chi connectivity index (χ2n) is 5.93. The molecule has 1 aromatic carbocycles. The third kappa shape index (κ3) is 5.06. The van der Waals surface area contributed by atoms with Gasteiger partial charge in [0.25, 0.3) is 0 Å². The van der Waals surface area contributed by atoms with Gasteiger partial charge in [0.2, 0.25) is 5.91 Å². The van der Waals surface area contributed by atoms with Crippen LogP contribution < -0.4 is 5.32 Å². The van der Waals surface area contributed by atoms with Gasteiger partial charge in [-0.05, 0) is 37.3 Å². The van der Waals surface area contributed by atoms with Gasteiger partial charge in [-0.1, -0.05) is 35.0 Å². The zero-order valence-corrected chi connectivity index (χ0v) is 17.3. The van der Waals surface area contributed by atoms with Crippen molar-refractivity contribution in [2.75, 3.05) is 11.1 Å². The molecule has 0 saturated carbocycles. The first-order valence-electron chi connectivity index (χ1n) is 8.37. The molecule has 1 N–H and O–H groups in total. The van der Waals surface area contributed by atoms with Crippen LogP contribution in [0, 0.1) is 0 Å². The Hall–Kier alpha value is -1.96. The highest BCUT2D eigenvalue weighted by Gasteiger charge is 2.14. The Kier molecular flexibility index (Phi) is 6.46. The van der Waals surface area contributed by atoms with E-state index >= 15 is 0 Å². The summed E-state index contributed by atoms with van der Waals surface area (Å²) in [5.41, 5.74) is 1.73. The minimum absolute atomic E-state index is 0.159. The highest BCUT2D eigenvalue weighted by atomic mass is 35.5. The van der Waals surface area contributed by atoms with E-state index in [0.717, 1.165) is 23.2 Å². The molecule has 0 aliphatic rings. The van der Waals surface area contributed by atoms with E-state index in [1.165, 1.54) is 11.8 Å². The maximum absolute atomic E-state index is 12.2. The molecule has 0 saturated heterocycles. The fraction of sp³-hybridized carbons (Fsp3) is 0.278. The summed E-state index contributed by atoms with van der Waals surface area (Å²) in [6.07, 6.45) is 2.70. The van der Waals surface area contributed by atoms with E-state index in [-0.39, 0.29) is 11.7 Å². The average molecular weight is 424 g/mol. The number of aromatic nitrogens is 4. The molecule has 0 bridgehead atoms. The lowest BCUT2D eigenvalue weighted by Gasteiger charge is -2.09. The number of carbonyl (C=O) groups is 1. The third-order valence-electron chi connectivity index (χ3n) is 3.98. The molecule has 1 amide bonds. The van der Waals surface area contributed by atoms with E-state index in [2.05, 4.69) is 26.1 Å². The number of hydrogen-bond donors (Lipinski definition) is 1. The Labute approximate surface area is 171 Å². The number of benzene rings is 1. The molecule has 0 radical (unpaired) electrons. The molecule has 3 rings (SSSR count). The summed E-state index contributed by atoms with van der Waals surface area (Å²) in [4.78, 5) is 12.2. The van der Waals surface area contributed by atoms with Gasteiger partial charge in [-0.2, -0.15) is 0 Å². The monoisotopic (exact) mass is 423 g/mol. The lowest BCUT2D eigenvalue weighted by atomic mass is 10.3. The number of anilines is 1. The van der Waals surface area contributed by atoms with Crippen LogP contribution in [-0.4, -0.2) is 31.0 Å². The molecule has 0 unspecified atom stereocenters. The van der Waals surface area contributed by atoms with Crippen molar-refractivity contribution < 1.29 is 4.79 Å². The van der Waals surface area contributed by atoms with Gasteiger partial charge in [0.1, 0.15) is 5.82 Å². The molecule has 0 aliphatic carbocycles. The standard InChI is InChI=1S/C18H19Cl2N5OS/c1-3-25-16(10-15-5-4-6-24(15)2)22-23-18(25)27-11-17(26)21-14-8-12(19)7-13(20)9-14/h4-9H,3,10-11H2,1-2H3,(H,21,26). The van der Waals surface area contributed by atoms with E-state index < -0.39 is 0 Å². The number of halogens is 2. The summed E-state index contributed by atoms with van der Waals surface area (Å²) in [6, 6.07) is 8.99. The zero-order chi connectivity index (χ0) is 19.4. The molecular weight excluding hydrogens is 405 g/mol. The largest absolute Gasteiger partial charge is 0.354 e. The van der Waals surface area contributed by atoms with Crippen LogP contribution in [0.15, 0.2) is 41.7 Å². The van der Waals surface area contributed by atoms with Crippen LogP contribution >= 0.6 is 35.0 Å². The summed E-state index contributed by atoms with van der Waals surface area (Å²) in [5.74, 6) is 0.934. The molecule has 2 heterocycles. The highest BCUT2D eigenvalue weighted by Crippen LogP contribution is 2.23. The summed E-state index contributed by atoms with van der Waals surface area (Å²) in [5, 5.41) is 13.0. The molecule has 9 heteroatoms. The molecule has 6 nitrogen and oxygen atoms in total. The van der Waals surface area contributed by atoms with E-state index in [4.69, 9.17) is 23.2 Å². The number of amides is 1. The van der Waals surface area contributed by atoms with E-state index in [0.29, 0.717) is 22.2 Å². The quantitative estimate of drug-likeness (QED) is 0.576. The van der Waals surface area contributed by atoms with Gasteiger partial charge in [0.15, 0.2) is 5.16 Å². The van der Waals surface area contributed by atoms with Crippen molar-refractivity contribution in [3.8, 4) is 0 Å². The zero-order valence-electron chi connectivity index (χ0n) is 14.9. The van der Waals surface area contributed by atoms with Crippen molar-refractivity contribution in [1.82, 2.24) is 19.3 Å². The predicted octanol–water partition coefficient (Wildman–Crippen LogP) is 4.26. The molecule has 0 atom stereocenters. The fourth-order valence-electron chi connectivity index (χ4n) is 2.67. The summed E-state index contributed by atoms with van der Waals surface area (Å²) in [6.45, 7) is 2.77. The van der Waals surface area contributed by atoms with Crippen molar-refractivity contribution in [3.63, 3.8) is 0 Å². The van der Waals surface area contributed by atoms with Gasteiger partial charge in [-0.3, -0.25) is 4.79 Å². The Balaban J connectivity index is 1.63. The fourth-order valence-corrected chi connectivity index (χ4v) is 4.02. The van der Waals surface area contributed by atoms with E-state index in [1.807, 2.05) is 30.8 Å². The number of rotatable bonds is 7. The molecule has 2 aromatic heterocycles. The van der Waals surface area contributed by atoms with Crippen molar-refractivity contribution in [2.45, 2.75) is 25.0 Å². The first kappa shape index (κ1) is 19.8. The van der Waals surface area contributed by atoms with Crippen LogP contribution in [0.5, 0.6) is 0 Å². The second-order valence-corrected chi connectivity index (χ2v) is 7.74. The second kappa shape index (κ2) is 8.82. The van der Waals surface area contributed by atoms with Gasteiger partial charge < -0.3 is 14.5 Å². The lowest BCUT2D eigenvalue weighted by molar-refractivity contribution is -0.113. The molecule has 27 heavy (non-hydrogen) atoms. The smallest absolute Gasteiger partial charge is 0.234 e. The summed E-state index contributed by atoms with van der Waals surface area (Å²) < 4.78 is 4.09. The van der Waals surface area contributed by atoms with Crippen molar-refractivity contribution >= 4 is 46.6 Å². The first-order valence-corrected chi connectivity index (χ1v) is 10.1. The molecule has 0 aliphatic heterocycles. The van der Waals surface area contributed by atoms with E-state index in [9.17, 15) is 4.79 Å². The maximum Gasteiger partial charge on any atom is 0.234 e. The summed E-state index contributed by atoms with van der Waals surface area (Å²) >= 11 is 13.3. The number of nitrogens with one attached hydrogen (secondary N) is 1. The number of hydrogen-bond acceptors (Lipinski definition) is 4.